The van der Waals surface area contributed by atoms with Gasteiger partial charge in [-0.1, -0.05) is 48.5 Å². The van der Waals surface area contributed by atoms with Gasteiger partial charge in [-0.3, -0.25) is 10.9 Å². The molecule has 0 saturated carbocycles. The zero-order chi connectivity index (χ0) is 11.7. The molecule has 0 aliphatic heterocycles. The molecule has 84 valence electrons. The highest BCUT2D eigenvalue weighted by Gasteiger charge is 2.13. The lowest BCUT2D eigenvalue weighted by atomic mass is 9.84. The van der Waals surface area contributed by atoms with Gasteiger partial charge in [0.1, 0.15) is 0 Å². The number of hydrogen-bond donors (Lipinski definition) is 1. The van der Waals surface area contributed by atoms with Crippen LogP contribution in [0.15, 0.2) is 0 Å². The van der Waals surface area contributed by atoms with Gasteiger partial charge in [0.15, 0.2) is 0 Å². The molecule has 0 amide bonds. The zero-order valence-corrected chi connectivity index (χ0v) is 11.1. The van der Waals surface area contributed by atoms with Gasteiger partial charge in [0.2, 0.25) is 0 Å². The van der Waals surface area contributed by atoms with Gasteiger partial charge in [-0.2, -0.15) is 0 Å². The fourth-order valence-corrected chi connectivity index (χ4v) is 0. The Labute approximate surface area is 85.5 Å². The zero-order valence-electron chi connectivity index (χ0n) is 11.1. The van der Waals surface area contributed by atoms with Crippen LogP contribution < -0.4 is 5.84 Å². The molecule has 13 heavy (non-hydrogen) atoms. The molecule has 0 radical (unpaired) electrons. The smallest absolute Gasteiger partial charge is 0.00105 e. The van der Waals surface area contributed by atoms with E-state index in [0.29, 0.717) is 5.41 Å². The van der Waals surface area contributed by atoms with Gasteiger partial charge in [-0.05, 0) is 11.3 Å². The first-order chi connectivity index (χ1) is 5.68. The van der Waals surface area contributed by atoms with Crippen molar-refractivity contribution in [2.75, 3.05) is 14.1 Å². The highest BCUT2D eigenvalue weighted by atomic mass is 15.4. The third-order valence-corrected chi connectivity index (χ3v) is 1.73. The molecule has 2 heteroatoms. The van der Waals surface area contributed by atoms with Crippen LogP contribution >= 0.6 is 0 Å². The lowest BCUT2D eigenvalue weighted by Crippen LogP contribution is -2.18. The van der Waals surface area contributed by atoms with Crippen molar-refractivity contribution in [1.29, 1.82) is 0 Å². The Balaban J connectivity index is -0.000000142. The van der Waals surface area contributed by atoms with E-state index < -0.39 is 0 Å². The summed E-state index contributed by atoms with van der Waals surface area (Å²) < 4.78 is 0. The van der Waals surface area contributed by atoms with Crippen molar-refractivity contribution in [1.82, 2.24) is 5.01 Å². The molecule has 0 aromatic rings. The third kappa shape index (κ3) is 33.5. The molecule has 0 saturated heterocycles. The second kappa shape index (κ2) is 10.0. The Hall–Kier alpha value is -0.0800. The van der Waals surface area contributed by atoms with E-state index in [0.717, 1.165) is 5.92 Å². The molecule has 0 rings (SSSR count). The molecule has 0 heterocycles. The number of nitrogens with two attached hydrogens (primary N) is 1. The van der Waals surface area contributed by atoms with E-state index in [4.69, 9.17) is 5.84 Å². The Kier molecular flexibility index (Phi) is 14.4. The number of hydrazine groups is 1. The average Bonchev–Trinajstić information content (AvgIpc) is 1.88. The largest absolute Gasteiger partial charge is 0.269 e. The van der Waals surface area contributed by atoms with Gasteiger partial charge in [-0.15, -0.1) is 0 Å². The highest BCUT2D eigenvalue weighted by Crippen LogP contribution is 2.23. The van der Waals surface area contributed by atoms with Gasteiger partial charge in [0, 0.05) is 14.1 Å². The summed E-state index contributed by atoms with van der Waals surface area (Å²) in [5.74, 6) is 5.74. The van der Waals surface area contributed by atoms with Gasteiger partial charge in [0.25, 0.3) is 0 Å². The van der Waals surface area contributed by atoms with E-state index in [2.05, 4.69) is 34.6 Å². The van der Waals surface area contributed by atoms with Crippen LogP contribution in [0.2, 0.25) is 0 Å². The molecule has 0 atom stereocenters. The van der Waals surface area contributed by atoms with E-state index in [9.17, 15) is 0 Å². The molecule has 0 spiro atoms. The Morgan fingerprint density at radius 3 is 1.08 bits per heavy atom. The lowest BCUT2D eigenvalue weighted by Gasteiger charge is -2.22. The van der Waals surface area contributed by atoms with Crippen molar-refractivity contribution in [3.05, 3.63) is 0 Å². The molecule has 0 unspecified atom stereocenters. The Morgan fingerprint density at radius 1 is 1.00 bits per heavy atom. The summed E-state index contributed by atoms with van der Waals surface area (Å²) >= 11 is 0. The minimum atomic E-state index is 0.500. The van der Waals surface area contributed by atoms with Gasteiger partial charge < -0.3 is 0 Å². The average molecular weight is 190 g/mol. The second-order valence-corrected chi connectivity index (χ2v) is 4.48. The predicted octanol–water partition coefficient (Wildman–Crippen LogP) is 3.14. The number of rotatable bonds is 0. The lowest BCUT2D eigenvalue weighted by molar-refractivity contribution is 0.283. The minimum absolute atomic E-state index is 0.500. The summed E-state index contributed by atoms with van der Waals surface area (Å²) in [4.78, 5) is 0. The first kappa shape index (κ1) is 18.7. The van der Waals surface area contributed by atoms with E-state index >= 15 is 0 Å². The Morgan fingerprint density at radius 2 is 1.08 bits per heavy atom. The van der Waals surface area contributed by atoms with Crippen molar-refractivity contribution in [2.45, 2.75) is 48.5 Å². The molecule has 0 aromatic carbocycles. The van der Waals surface area contributed by atoms with Crippen molar-refractivity contribution >= 4 is 0 Å². The van der Waals surface area contributed by atoms with E-state index in [1.165, 1.54) is 5.01 Å². The van der Waals surface area contributed by atoms with Crippen LogP contribution in [0.1, 0.15) is 48.5 Å². The molecular weight excluding hydrogens is 160 g/mol. The SMILES string of the molecule is CC.CC(C)C(C)(C)C.CN(C)N. The summed E-state index contributed by atoms with van der Waals surface area (Å²) in [7, 11) is 3.56. The van der Waals surface area contributed by atoms with Gasteiger partial charge in [-0.25, -0.2) is 0 Å². The summed E-state index contributed by atoms with van der Waals surface area (Å²) in [6.45, 7) is 15.3. The quantitative estimate of drug-likeness (QED) is 0.470. The van der Waals surface area contributed by atoms with Crippen LogP contribution in [0.3, 0.4) is 0 Å². The van der Waals surface area contributed by atoms with E-state index in [-0.39, 0.29) is 0 Å². The van der Waals surface area contributed by atoms with E-state index in [1.807, 2.05) is 13.8 Å². The van der Waals surface area contributed by atoms with Crippen LogP contribution in [0, 0.1) is 11.3 Å². The summed E-state index contributed by atoms with van der Waals surface area (Å²) in [5.41, 5.74) is 0.500. The first-order valence-electron chi connectivity index (χ1n) is 5.10. The molecule has 0 aliphatic carbocycles. The van der Waals surface area contributed by atoms with Crippen LogP contribution in [-0.4, -0.2) is 19.1 Å². The van der Waals surface area contributed by atoms with Crippen LogP contribution in [0.25, 0.3) is 0 Å². The molecule has 2 nitrogen and oxygen atoms in total. The third-order valence-electron chi connectivity index (χ3n) is 1.73. The molecule has 0 aromatic heterocycles. The monoisotopic (exact) mass is 190 g/mol. The van der Waals surface area contributed by atoms with Gasteiger partial charge >= 0.3 is 0 Å². The summed E-state index contributed by atoms with van der Waals surface area (Å²) in [6.07, 6.45) is 0. The molecule has 0 fully saturated rings. The first-order valence-corrected chi connectivity index (χ1v) is 5.10. The van der Waals surface area contributed by atoms with Crippen LogP contribution in [0.4, 0.5) is 0 Å². The minimum Gasteiger partial charge on any atom is -0.269 e. The van der Waals surface area contributed by atoms with Crippen LogP contribution in [-0.2, 0) is 0 Å². The standard InChI is InChI=1S/C7H16.C2H8N2.C2H6/c1-6(2)7(3,4)5;1-4(2)3;1-2/h6H,1-5H3;3H2,1-2H3;1-2H3. The number of nitrogens with zero attached hydrogens (tertiary/aromatic N) is 1. The maximum Gasteiger partial charge on any atom is 0.00105 e. The van der Waals surface area contributed by atoms with E-state index in [1.54, 1.807) is 14.1 Å². The van der Waals surface area contributed by atoms with Crippen molar-refractivity contribution in [2.24, 2.45) is 17.2 Å². The molecule has 2 N–H and O–H groups in total. The normalized spacial score (nSPS) is 10.2. The fraction of sp³-hybridized carbons (Fsp3) is 1.00. The van der Waals surface area contributed by atoms with Crippen LogP contribution in [0.5, 0.6) is 0 Å². The highest BCUT2D eigenvalue weighted by molar-refractivity contribution is 4.64. The molecular formula is C11H30N2. The topological polar surface area (TPSA) is 29.3 Å². The summed E-state index contributed by atoms with van der Waals surface area (Å²) in [6, 6.07) is 0. The maximum absolute atomic E-state index is 4.94. The molecule has 0 aliphatic rings. The second-order valence-electron chi connectivity index (χ2n) is 4.48. The maximum atomic E-state index is 4.94. The van der Waals surface area contributed by atoms with Crippen molar-refractivity contribution in [3.63, 3.8) is 0 Å². The molecule has 0 bridgehead atoms. The number of hydrogen-bond acceptors (Lipinski definition) is 2. The van der Waals surface area contributed by atoms with Crippen molar-refractivity contribution < 1.29 is 0 Å². The van der Waals surface area contributed by atoms with Gasteiger partial charge in [0.05, 0.1) is 0 Å². The summed E-state index contributed by atoms with van der Waals surface area (Å²) in [5, 5.41) is 1.50. The van der Waals surface area contributed by atoms with Crippen molar-refractivity contribution in [3.8, 4) is 0 Å². The Bertz CT molecular complexity index is 77.8. The fourth-order valence-electron chi connectivity index (χ4n) is 0. The predicted molar refractivity (Wildman–Crippen MR) is 63.5 cm³/mol.